The van der Waals surface area contributed by atoms with E-state index in [1.54, 1.807) is 25.3 Å². The number of hydrogen-bond donors (Lipinski definition) is 2. The van der Waals surface area contributed by atoms with Crippen molar-refractivity contribution in [1.29, 1.82) is 0 Å². The lowest BCUT2D eigenvalue weighted by molar-refractivity contribution is 0.101. The highest BCUT2D eigenvalue weighted by Gasteiger charge is 2.49. The molecule has 0 saturated heterocycles. The van der Waals surface area contributed by atoms with Crippen LogP contribution in [0.1, 0.15) is 31.6 Å². The fraction of sp³-hybridized carbons (Fsp3) is 0.600. The Morgan fingerprint density at radius 1 is 1.77 bits per heavy atom. The highest BCUT2D eigenvalue weighted by molar-refractivity contribution is 5.06. The van der Waals surface area contributed by atoms with Crippen LogP contribution in [0.4, 0.5) is 0 Å². The van der Waals surface area contributed by atoms with E-state index in [1.165, 1.54) is 0 Å². The standard InChI is InChI=1S/C10H14O3/c1-10(12)6-7(10)5-8(11)9-3-2-4-13-9/h2-4,7-8,11-12H,5-6H2,1H3/t7-,8-,10+/m1/s1. The minimum Gasteiger partial charge on any atom is -0.467 e. The molecule has 0 bridgehead atoms. The Balaban J connectivity index is 1.90. The van der Waals surface area contributed by atoms with Gasteiger partial charge >= 0.3 is 0 Å². The van der Waals surface area contributed by atoms with E-state index in [0.717, 1.165) is 6.42 Å². The summed E-state index contributed by atoms with van der Waals surface area (Å²) in [5, 5.41) is 19.1. The van der Waals surface area contributed by atoms with Gasteiger partial charge in [-0.2, -0.15) is 0 Å². The highest BCUT2D eigenvalue weighted by atomic mass is 16.4. The Kier molecular flexibility index (Phi) is 1.93. The fourth-order valence-corrected chi connectivity index (χ4v) is 1.64. The summed E-state index contributed by atoms with van der Waals surface area (Å²) in [7, 11) is 0. The average molecular weight is 182 g/mol. The van der Waals surface area contributed by atoms with E-state index < -0.39 is 11.7 Å². The van der Waals surface area contributed by atoms with Crippen LogP contribution < -0.4 is 0 Å². The molecular weight excluding hydrogens is 168 g/mol. The van der Waals surface area contributed by atoms with Gasteiger partial charge in [-0.05, 0) is 37.8 Å². The van der Waals surface area contributed by atoms with Crippen molar-refractivity contribution < 1.29 is 14.6 Å². The van der Waals surface area contributed by atoms with Gasteiger partial charge in [0.1, 0.15) is 11.9 Å². The summed E-state index contributed by atoms with van der Waals surface area (Å²) in [6.07, 6.45) is 2.34. The zero-order chi connectivity index (χ0) is 9.47. The van der Waals surface area contributed by atoms with Crippen LogP contribution in [0, 0.1) is 5.92 Å². The van der Waals surface area contributed by atoms with Crippen LogP contribution in [0.3, 0.4) is 0 Å². The van der Waals surface area contributed by atoms with Gasteiger partial charge in [-0.1, -0.05) is 0 Å². The molecule has 0 spiro atoms. The Morgan fingerprint density at radius 3 is 2.92 bits per heavy atom. The summed E-state index contributed by atoms with van der Waals surface area (Å²) >= 11 is 0. The van der Waals surface area contributed by atoms with Crippen molar-refractivity contribution in [2.75, 3.05) is 0 Å². The van der Waals surface area contributed by atoms with Gasteiger partial charge in [-0.3, -0.25) is 0 Å². The molecule has 1 aromatic rings. The summed E-state index contributed by atoms with van der Waals surface area (Å²) in [5.74, 6) is 0.801. The van der Waals surface area contributed by atoms with Crippen molar-refractivity contribution in [3.8, 4) is 0 Å². The molecule has 0 aliphatic heterocycles. The van der Waals surface area contributed by atoms with Crippen LogP contribution >= 0.6 is 0 Å². The van der Waals surface area contributed by atoms with E-state index >= 15 is 0 Å². The van der Waals surface area contributed by atoms with Crippen LogP contribution in [0.25, 0.3) is 0 Å². The monoisotopic (exact) mass is 182 g/mol. The van der Waals surface area contributed by atoms with Gasteiger partial charge in [-0.15, -0.1) is 0 Å². The van der Waals surface area contributed by atoms with E-state index in [-0.39, 0.29) is 5.92 Å². The molecule has 1 fully saturated rings. The zero-order valence-electron chi connectivity index (χ0n) is 7.60. The van der Waals surface area contributed by atoms with Gasteiger partial charge in [0, 0.05) is 0 Å². The largest absolute Gasteiger partial charge is 0.467 e. The predicted molar refractivity (Wildman–Crippen MR) is 47.0 cm³/mol. The lowest BCUT2D eigenvalue weighted by Gasteiger charge is -2.07. The maximum Gasteiger partial charge on any atom is 0.132 e. The van der Waals surface area contributed by atoms with Crippen molar-refractivity contribution in [3.05, 3.63) is 24.2 Å². The van der Waals surface area contributed by atoms with Crippen LogP contribution in [0.5, 0.6) is 0 Å². The maximum atomic E-state index is 9.65. The molecule has 1 saturated carbocycles. The third kappa shape index (κ3) is 1.76. The molecule has 3 nitrogen and oxygen atoms in total. The lowest BCUT2D eigenvalue weighted by Crippen LogP contribution is -2.06. The Labute approximate surface area is 77.0 Å². The second kappa shape index (κ2) is 2.86. The number of hydrogen-bond acceptors (Lipinski definition) is 3. The summed E-state index contributed by atoms with van der Waals surface area (Å²) in [6, 6.07) is 3.51. The quantitative estimate of drug-likeness (QED) is 0.744. The van der Waals surface area contributed by atoms with E-state index in [4.69, 9.17) is 4.42 Å². The van der Waals surface area contributed by atoms with Gasteiger partial charge < -0.3 is 14.6 Å². The maximum absolute atomic E-state index is 9.65. The van der Waals surface area contributed by atoms with Crippen molar-refractivity contribution in [2.45, 2.75) is 31.5 Å². The number of furan rings is 1. The Morgan fingerprint density at radius 2 is 2.46 bits per heavy atom. The summed E-state index contributed by atoms with van der Waals surface area (Å²) in [5.41, 5.74) is -0.562. The van der Waals surface area contributed by atoms with Crippen LogP contribution in [0.15, 0.2) is 22.8 Å². The number of aliphatic hydroxyl groups excluding tert-OH is 1. The molecule has 0 unspecified atom stereocenters. The van der Waals surface area contributed by atoms with Gasteiger partial charge in [0.15, 0.2) is 0 Å². The fourth-order valence-electron chi connectivity index (χ4n) is 1.64. The molecule has 0 radical (unpaired) electrons. The first-order valence-corrected chi connectivity index (χ1v) is 4.53. The molecule has 1 heterocycles. The van der Waals surface area contributed by atoms with Crippen LogP contribution in [-0.4, -0.2) is 15.8 Å². The summed E-state index contributed by atoms with van der Waals surface area (Å²) < 4.78 is 5.06. The molecular formula is C10H14O3. The number of rotatable bonds is 3. The molecule has 0 aromatic carbocycles. The van der Waals surface area contributed by atoms with Gasteiger partial charge in [0.2, 0.25) is 0 Å². The zero-order valence-corrected chi connectivity index (χ0v) is 7.60. The normalized spacial score (nSPS) is 34.5. The molecule has 72 valence electrons. The van der Waals surface area contributed by atoms with Crippen LogP contribution in [-0.2, 0) is 0 Å². The third-order valence-corrected chi connectivity index (χ3v) is 2.76. The van der Waals surface area contributed by atoms with E-state index in [0.29, 0.717) is 12.2 Å². The molecule has 3 heteroatoms. The topological polar surface area (TPSA) is 53.6 Å². The molecule has 2 rings (SSSR count). The van der Waals surface area contributed by atoms with E-state index in [2.05, 4.69) is 0 Å². The van der Waals surface area contributed by atoms with Crippen molar-refractivity contribution in [1.82, 2.24) is 0 Å². The Bertz CT molecular complexity index is 276. The minimum absolute atomic E-state index is 0.215. The predicted octanol–water partition coefficient (Wildman–Crippen LogP) is 1.47. The van der Waals surface area contributed by atoms with Gasteiger partial charge in [-0.25, -0.2) is 0 Å². The smallest absolute Gasteiger partial charge is 0.132 e. The SMILES string of the molecule is C[C@]1(O)C[C@H]1C[C@@H](O)c1ccco1. The molecule has 0 amide bonds. The molecule has 1 aliphatic carbocycles. The Hall–Kier alpha value is -0.800. The second-order valence-electron chi connectivity index (χ2n) is 4.03. The van der Waals surface area contributed by atoms with Crippen molar-refractivity contribution in [3.63, 3.8) is 0 Å². The highest BCUT2D eigenvalue weighted by Crippen LogP contribution is 2.47. The summed E-state index contributed by atoms with van der Waals surface area (Å²) in [6.45, 7) is 1.80. The van der Waals surface area contributed by atoms with Crippen molar-refractivity contribution in [2.24, 2.45) is 5.92 Å². The molecule has 1 aliphatic rings. The molecule has 3 atom stereocenters. The average Bonchev–Trinajstić information content (AvgIpc) is 2.58. The molecule has 2 N–H and O–H groups in total. The first kappa shape index (κ1) is 8.78. The first-order chi connectivity index (χ1) is 6.09. The van der Waals surface area contributed by atoms with Crippen molar-refractivity contribution >= 4 is 0 Å². The molecule has 13 heavy (non-hydrogen) atoms. The first-order valence-electron chi connectivity index (χ1n) is 4.53. The van der Waals surface area contributed by atoms with Gasteiger partial charge in [0.25, 0.3) is 0 Å². The van der Waals surface area contributed by atoms with E-state index in [9.17, 15) is 10.2 Å². The molecule has 1 aromatic heterocycles. The number of aliphatic hydroxyl groups is 2. The third-order valence-electron chi connectivity index (χ3n) is 2.76. The second-order valence-corrected chi connectivity index (χ2v) is 4.03. The van der Waals surface area contributed by atoms with E-state index in [1.807, 2.05) is 0 Å². The summed E-state index contributed by atoms with van der Waals surface area (Å²) in [4.78, 5) is 0. The van der Waals surface area contributed by atoms with Gasteiger partial charge in [0.05, 0.1) is 11.9 Å². The van der Waals surface area contributed by atoms with Crippen LogP contribution in [0.2, 0.25) is 0 Å². The minimum atomic E-state index is -0.575. The lowest BCUT2D eigenvalue weighted by atomic mass is 10.1.